The van der Waals surface area contributed by atoms with Crippen molar-refractivity contribution in [2.24, 2.45) is 0 Å². The van der Waals surface area contributed by atoms with Gasteiger partial charge in [0.05, 0.1) is 38.1 Å². The fourth-order valence-electron chi connectivity index (χ4n) is 5.55. The minimum atomic E-state index is -1.37. The number of rotatable bonds is 13. The van der Waals surface area contributed by atoms with Crippen molar-refractivity contribution in [1.29, 1.82) is 0 Å². The van der Waals surface area contributed by atoms with Gasteiger partial charge in [0.25, 0.3) is 0 Å². The predicted molar refractivity (Wildman–Crippen MR) is 171 cm³/mol. The number of aliphatic carboxylic acids is 1. The molecule has 0 aliphatic carbocycles. The topological polar surface area (TPSA) is 177 Å². The van der Waals surface area contributed by atoms with Gasteiger partial charge in [-0.15, -0.1) is 12.4 Å². The van der Waals surface area contributed by atoms with Crippen LogP contribution in [0.25, 0.3) is 17.0 Å². The lowest BCUT2D eigenvalue weighted by atomic mass is 9.83. The second kappa shape index (κ2) is 15.9. The largest absolute Gasteiger partial charge is 0.478 e. The highest BCUT2D eigenvalue weighted by atomic mass is 35.5. The van der Waals surface area contributed by atoms with Crippen LogP contribution in [0.5, 0.6) is 0 Å². The second-order valence-corrected chi connectivity index (χ2v) is 11.0. The molecule has 2 aliphatic rings. The Morgan fingerprint density at radius 1 is 1.17 bits per heavy atom. The van der Waals surface area contributed by atoms with E-state index in [1.54, 1.807) is 12.4 Å². The van der Waals surface area contributed by atoms with Crippen molar-refractivity contribution in [2.75, 3.05) is 58.4 Å². The smallest absolute Gasteiger partial charge is 0.413 e. The number of hydrogen-bond donors (Lipinski definition) is 4. The lowest BCUT2D eigenvalue weighted by Crippen LogP contribution is -2.50. The van der Waals surface area contributed by atoms with Crippen molar-refractivity contribution >= 4 is 53.4 Å². The van der Waals surface area contributed by atoms with Crippen molar-refractivity contribution in [1.82, 2.24) is 25.4 Å². The summed E-state index contributed by atoms with van der Waals surface area (Å²) in [6.45, 7) is 5.10. The van der Waals surface area contributed by atoms with Gasteiger partial charge in [0.15, 0.2) is 0 Å². The monoisotopic (exact) mass is 658 g/mol. The molecule has 3 aromatic rings. The standard InChI is InChI=1S/C31H38N6O8.ClH/c1-20-14-22(15-23-19-34-36-26(20)23)17-25(28(38)39)44-30(41)37-8-5-31(6-9-37)24-16-21(18-33-27(24)35-29(40)45-31)4-3-10-42-12-13-43-11-7-32-2;/h3-4,14-16,18-19,25,32H,5-13,17H2,1-2H3,(H,34,36)(H,38,39)(H,33,35,40);1H/b4-3+;/t25-;/m1./s1. The van der Waals surface area contributed by atoms with Crippen molar-refractivity contribution in [3.05, 3.63) is 58.9 Å². The van der Waals surface area contributed by atoms with E-state index in [0.29, 0.717) is 50.7 Å². The second-order valence-electron chi connectivity index (χ2n) is 11.0. The summed E-state index contributed by atoms with van der Waals surface area (Å²) in [4.78, 5) is 43.5. The van der Waals surface area contributed by atoms with Crippen LogP contribution < -0.4 is 10.6 Å². The van der Waals surface area contributed by atoms with Gasteiger partial charge in [-0.1, -0.05) is 18.2 Å². The molecular weight excluding hydrogens is 620 g/mol. The molecule has 14 nitrogen and oxygen atoms in total. The molecule has 5 rings (SSSR count). The molecule has 248 valence electrons. The summed E-state index contributed by atoms with van der Waals surface area (Å²) in [6, 6.07) is 5.59. The van der Waals surface area contributed by atoms with Gasteiger partial charge in [0.1, 0.15) is 11.4 Å². The number of likely N-dealkylation sites (N-methyl/N-ethyl adjacent to an activating group) is 1. The average Bonchev–Trinajstić information content (AvgIpc) is 3.50. The number of aromatic amines is 1. The van der Waals surface area contributed by atoms with Crippen LogP contribution in [0.15, 0.2) is 36.7 Å². The van der Waals surface area contributed by atoms with E-state index in [-0.39, 0.29) is 31.9 Å². The lowest BCUT2D eigenvalue weighted by molar-refractivity contribution is -0.147. The minimum absolute atomic E-state index is 0. The lowest BCUT2D eigenvalue weighted by Gasteiger charge is -2.43. The zero-order chi connectivity index (χ0) is 31.8. The molecule has 46 heavy (non-hydrogen) atoms. The molecule has 15 heteroatoms. The maximum Gasteiger partial charge on any atom is 0.413 e. The fourth-order valence-corrected chi connectivity index (χ4v) is 5.55. The number of aryl methyl sites for hydroxylation is 1. The third-order valence-corrected chi connectivity index (χ3v) is 7.88. The van der Waals surface area contributed by atoms with Crippen molar-refractivity contribution < 1.29 is 38.4 Å². The third kappa shape index (κ3) is 8.31. The van der Waals surface area contributed by atoms with Crippen LogP contribution in [-0.2, 0) is 35.8 Å². The molecule has 1 fully saturated rings. The molecule has 0 saturated carbocycles. The Balaban J connectivity index is 0.00000480. The maximum atomic E-state index is 13.1. The van der Waals surface area contributed by atoms with Crippen LogP contribution in [0.3, 0.4) is 0 Å². The van der Waals surface area contributed by atoms with Gasteiger partial charge >= 0.3 is 18.2 Å². The number of carbonyl (C=O) groups is 3. The number of nitrogens with one attached hydrogen (secondary N) is 3. The molecule has 4 N–H and O–H groups in total. The Labute approximate surface area is 272 Å². The number of H-pyrrole nitrogens is 1. The average molecular weight is 659 g/mol. The van der Waals surface area contributed by atoms with Gasteiger partial charge in [-0.3, -0.25) is 10.4 Å². The minimum Gasteiger partial charge on any atom is -0.478 e. The third-order valence-electron chi connectivity index (χ3n) is 7.88. The van der Waals surface area contributed by atoms with E-state index < -0.39 is 29.9 Å². The summed E-state index contributed by atoms with van der Waals surface area (Å²) >= 11 is 0. The number of amides is 2. The van der Waals surface area contributed by atoms with Gasteiger partial charge in [0, 0.05) is 56.0 Å². The summed E-state index contributed by atoms with van der Waals surface area (Å²) in [7, 11) is 1.87. The van der Waals surface area contributed by atoms with Gasteiger partial charge in [0.2, 0.25) is 6.10 Å². The van der Waals surface area contributed by atoms with Crippen LogP contribution in [0.1, 0.15) is 35.1 Å². The van der Waals surface area contributed by atoms with E-state index in [0.717, 1.165) is 34.1 Å². The summed E-state index contributed by atoms with van der Waals surface area (Å²) in [5, 5.41) is 23.3. The van der Waals surface area contributed by atoms with Crippen molar-refractivity contribution in [3.8, 4) is 0 Å². The molecule has 2 aliphatic heterocycles. The number of pyridine rings is 1. The molecule has 1 aromatic carbocycles. The SMILES string of the molecule is CNCCOCCOC/C=C/c1cnc2c(c1)C1(CCN(C(=O)O[C@H](Cc3cc(C)c4[nH]ncc4c3)C(=O)O)CC1)OC(=O)N2.Cl. The molecule has 0 radical (unpaired) electrons. The summed E-state index contributed by atoms with van der Waals surface area (Å²) in [5.41, 5.74) is 3.03. The number of benzene rings is 1. The molecule has 2 amide bonds. The first-order chi connectivity index (χ1) is 21.8. The highest BCUT2D eigenvalue weighted by Gasteiger charge is 2.46. The molecule has 0 bridgehead atoms. The van der Waals surface area contributed by atoms with E-state index in [2.05, 4.69) is 25.8 Å². The van der Waals surface area contributed by atoms with E-state index in [1.807, 2.05) is 44.3 Å². The van der Waals surface area contributed by atoms with Gasteiger partial charge < -0.3 is 34.3 Å². The Morgan fingerprint density at radius 3 is 2.72 bits per heavy atom. The molecule has 1 saturated heterocycles. The molecular formula is C31H39ClN6O8. The zero-order valence-electron chi connectivity index (χ0n) is 25.7. The zero-order valence-corrected chi connectivity index (χ0v) is 26.6. The number of piperidine rings is 1. The van der Waals surface area contributed by atoms with Crippen LogP contribution in [0.2, 0.25) is 0 Å². The molecule has 2 aromatic heterocycles. The van der Waals surface area contributed by atoms with Crippen LogP contribution >= 0.6 is 12.4 Å². The highest BCUT2D eigenvalue weighted by Crippen LogP contribution is 2.43. The number of likely N-dealkylation sites (tertiary alicyclic amines) is 1. The fraction of sp³-hybridized carbons (Fsp3) is 0.452. The summed E-state index contributed by atoms with van der Waals surface area (Å²) < 4.78 is 22.3. The number of anilines is 1. The van der Waals surface area contributed by atoms with E-state index in [1.165, 1.54) is 4.90 Å². The van der Waals surface area contributed by atoms with Crippen LogP contribution in [0.4, 0.5) is 15.4 Å². The van der Waals surface area contributed by atoms with Crippen molar-refractivity contribution in [3.63, 3.8) is 0 Å². The van der Waals surface area contributed by atoms with Gasteiger partial charge in [-0.2, -0.15) is 5.10 Å². The number of aromatic nitrogens is 3. The number of nitrogens with zero attached hydrogens (tertiary/aromatic N) is 3. The van der Waals surface area contributed by atoms with Crippen molar-refractivity contribution in [2.45, 2.75) is 37.9 Å². The van der Waals surface area contributed by atoms with Crippen LogP contribution in [0, 0.1) is 6.92 Å². The number of carboxylic acid groups (broad SMARTS) is 1. The number of ether oxygens (including phenoxy) is 4. The van der Waals surface area contributed by atoms with Crippen LogP contribution in [-0.4, -0.2) is 103 Å². The number of carbonyl (C=O) groups excluding carboxylic acids is 2. The first kappa shape index (κ1) is 34.6. The maximum absolute atomic E-state index is 13.1. The normalized spacial score (nSPS) is 16.0. The quantitative estimate of drug-likeness (QED) is 0.197. The van der Waals surface area contributed by atoms with E-state index in [4.69, 9.17) is 18.9 Å². The first-order valence-electron chi connectivity index (χ1n) is 14.9. The number of fused-ring (bicyclic) bond motifs is 3. The summed E-state index contributed by atoms with van der Waals surface area (Å²) in [5.74, 6) is -0.830. The molecule has 0 unspecified atom stereocenters. The first-order valence-corrected chi connectivity index (χ1v) is 14.9. The van der Waals surface area contributed by atoms with E-state index in [9.17, 15) is 19.5 Å². The summed E-state index contributed by atoms with van der Waals surface area (Å²) in [6.07, 6.45) is 4.94. The number of hydrogen-bond acceptors (Lipinski definition) is 10. The molecule has 4 heterocycles. The Bertz CT molecular complexity index is 1560. The number of carboxylic acids is 1. The Morgan fingerprint density at radius 2 is 1.96 bits per heavy atom. The molecule has 1 spiro atoms. The Kier molecular flexibility index (Phi) is 11.9. The Hall–Kier alpha value is -4.24. The van der Waals surface area contributed by atoms with E-state index >= 15 is 0 Å². The highest BCUT2D eigenvalue weighted by molar-refractivity contribution is 5.88. The van der Waals surface area contributed by atoms with Gasteiger partial charge in [-0.25, -0.2) is 19.4 Å². The number of halogens is 1. The molecule has 1 atom stereocenters. The van der Waals surface area contributed by atoms with Gasteiger partial charge in [-0.05, 0) is 42.8 Å². The predicted octanol–water partition coefficient (Wildman–Crippen LogP) is 3.64.